The minimum absolute atomic E-state index is 0.0392. The summed E-state index contributed by atoms with van der Waals surface area (Å²) in [5, 5.41) is 2.98. The minimum Gasteiger partial charge on any atom is -0.373 e. The van der Waals surface area contributed by atoms with E-state index < -0.39 is 11.6 Å². The predicted octanol–water partition coefficient (Wildman–Crippen LogP) is 5.91. The second-order valence-corrected chi connectivity index (χ2v) is 8.28. The van der Waals surface area contributed by atoms with Crippen molar-refractivity contribution in [3.05, 3.63) is 35.4 Å². The summed E-state index contributed by atoms with van der Waals surface area (Å²) in [6.45, 7) is 3.87. The van der Waals surface area contributed by atoms with E-state index >= 15 is 0 Å². The highest BCUT2D eigenvalue weighted by Gasteiger charge is 2.19. The van der Waals surface area contributed by atoms with Gasteiger partial charge >= 0.3 is 0 Å². The summed E-state index contributed by atoms with van der Waals surface area (Å²) in [7, 11) is 0. The molecule has 158 valence electrons. The molecule has 5 heteroatoms. The van der Waals surface area contributed by atoms with Gasteiger partial charge in [-0.05, 0) is 56.6 Å². The van der Waals surface area contributed by atoms with Crippen LogP contribution in [0.4, 0.5) is 8.78 Å². The Balaban J connectivity index is 0.000000221. The van der Waals surface area contributed by atoms with E-state index in [2.05, 4.69) is 12.2 Å². The Labute approximate surface area is 168 Å². The van der Waals surface area contributed by atoms with E-state index in [1.807, 2.05) is 0 Å². The normalized spacial score (nSPS) is 23.3. The summed E-state index contributed by atoms with van der Waals surface area (Å²) in [6, 6.07) is 4.38. The predicted molar refractivity (Wildman–Crippen MR) is 108 cm³/mol. The van der Waals surface area contributed by atoms with Crippen LogP contribution in [0.1, 0.15) is 83.6 Å². The molecule has 2 saturated carbocycles. The molecular formula is C23H35F2NO2. The van der Waals surface area contributed by atoms with Crippen LogP contribution in [-0.4, -0.2) is 18.1 Å². The number of amides is 1. The van der Waals surface area contributed by atoms with Gasteiger partial charge in [0.15, 0.2) is 0 Å². The van der Waals surface area contributed by atoms with E-state index in [1.165, 1.54) is 56.7 Å². The van der Waals surface area contributed by atoms with Gasteiger partial charge in [-0.15, -0.1) is 0 Å². The fourth-order valence-corrected chi connectivity index (χ4v) is 3.98. The molecular weight excluding hydrogens is 360 g/mol. The Hall–Kier alpha value is -1.49. The molecule has 3 rings (SSSR count). The van der Waals surface area contributed by atoms with Crippen molar-refractivity contribution >= 4 is 5.91 Å². The molecule has 28 heavy (non-hydrogen) atoms. The molecule has 1 aromatic carbocycles. The van der Waals surface area contributed by atoms with Gasteiger partial charge in [-0.1, -0.05) is 38.7 Å². The maximum Gasteiger partial charge on any atom is 0.217 e. The van der Waals surface area contributed by atoms with Crippen LogP contribution in [0.25, 0.3) is 0 Å². The molecule has 1 N–H and O–H groups in total. The topological polar surface area (TPSA) is 38.3 Å². The number of hydrogen-bond donors (Lipinski definition) is 1. The fourth-order valence-electron chi connectivity index (χ4n) is 3.98. The first-order valence-corrected chi connectivity index (χ1v) is 10.8. The second-order valence-electron chi connectivity index (χ2n) is 8.28. The molecule has 0 bridgehead atoms. The smallest absolute Gasteiger partial charge is 0.217 e. The number of ether oxygens (including phenoxy) is 1. The van der Waals surface area contributed by atoms with Crippen LogP contribution in [0, 0.1) is 17.6 Å². The van der Waals surface area contributed by atoms with Crippen molar-refractivity contribution < 1.29 is 18.3 Å². The summed E-state index contributed by atoms with van der Waals surface area (Å²) in [5.41, 5.74) is 0.0473. The zero-order valence-corrected chi connectivity index (χ0v) is 17.3. The summed E-state index contributed by atoms with van der Waals surface area (Å²) < 4.78 is 32.3. The summed E-state index contributed by atoms with van der Waals surface area (Å²) in [4.78, 5) is 10.7. The molecule has 0 saturated heterocycles. The van der Waals surface area contributed by atoms with Crippen LogP contribution in [0.15, 0.2) is 18.2 Å². The molecule has 0 heterocycles. The zero-order valence-electron chi connectivity index (χ0n) is 17.3. The lowest BCUT2D eigenvalue weighted by molar-refractivity contribution is -0.119. The van der Waals surface area contributed by atoms with Crippen LogP contribution in [0.5, 0.6) is 0 Å². The van der Waals surface area contributed by atoms with Gasteiger partial charge in [0, 0.05) is 18.5 Å². The first-order chi connectivity index (χ1) is 13.5. The third-order valence-corrected chi connectivity index (χ3v) is 5.75. The van der Waals surface area contributed by atoms with Crippen LogP contribution in [-0.2, 0) is 16.1 Å². The average Bonchev–Trinajstić information content (AvgIpc) is 2.91. The second kappa shape index (κ2) is 12.2. The van der Waals surface area contributed by atoms with Gasteiger partial charge in [0.25, 0.3) is 0 Å². The maximum absolute atomic E-state index is 13.3. The molecule has 2 fully saturated rings. The van der Waals surface area contributed by atoms with E-state index in [9.17, 15) is 13.6 Å². The number of carbonyl (C=O) groups excluding carboxylic acids is 1. The number of nitrogens with one attached hydrogen (secondary N) is 1. The van der Waals surface area contributed by atoms with Crippen molar-refractivity contribution in [2.75, 3.05) is 0 Å². The highest BCUT2D eigenvalue weighted by Crippen LogP contribution is 2.26. The van der Waals surface area contributed by atoms with Gasteiger partial charge < -0.3 is 10.1 Å². The van der Waals surface area contributed by atoms with Gasteiger partial charge in [-0.25, -0.2) is 8.78 Å². The molecule has 2 aliphatic rings. The van der Waals surface area contributed by atoms with E-state index in [0.717, 1.165) is 31.6 Å². The van der Waals surface area contributed by atoms with Gasteiger partial charge in [0.2, 0.25) is 5.91 Å². The first kappa shape index (κ1) is 22.8. The Kier molecular flexibility index (Phi) is 9.89. The van der Waals surface area contributed by atoms with Gasteiger partial charge in [0.1, 0.15) is 11.6 Å². The number of rotatable bonds is 4. The van der Waals surface area contributed by atoms with Crippen molar-refractivity contribution in [2.24, 2.45) is 5.92 Å². The quantitative estimate of drug-likeness (QED) is 0.644. The molecule has 0 aliphatic heterocycles. The molecule has 1 amide bonds. The van der Waals surface area contributed by atoms with Crippen molar-refractivity contribution in [3.8, 4) is 0 Å². The number of halogens is 2. The Bertz CT molecular complexity index is 572. The molecule has 3 nitrogen and oxygen atoms in total. The molecule has 0 spiro atoms. The van der Waals surface area contributed by atoms with E-state index in [-0.39, 0.29) is 24.2 Å². The molecule has 0 unspecified atom stereocenters. The lowest BCUT2D eigenvalue weighted by Gasteiger charge is -2.26. The highest BCUT2D eigenvalue weighted by molar-refractivity contribution is 5.73. The summed E-state index contributed by atoms with van der Waals surface area (Å²) >= 11 is 0. The Morgan fingerprint density at radius 3 is 2.11 bits per heavy atom. The third-order valence-electron chi connectivity index (χ3n) is 5.75. The monoisotopic (exact) mass is 395 g/mol. The van der Waals surface area contributed by atoms with Crippen LogP contribution >= 0.6 is 0 Å². The van der Waals surface area contributed by atoms with Crippen LogP contribution in [0.3, 0.4) is 0 Å². The lowest BCUT2D eigenvalue weighted by Crippen LogP contribution is -2.32. The lowest BCUT2D eigenvalue weighted by atomic mass is 9.89. The van der Waals surface area contributed by atoms with Crippen molar-refractivity contribution in [2.45, 2.75) is 96.8 Å². The Morgan fingerprint density at radius 2 is 1.57 bits per heavy atom. The summed E-state index contributed by atoms with van der Waals surface area (Å²) in [5.74, 6) is -0.166. The molecule has 0 aromatic heterocycles. The zero-order chi connectivity index (χ0) is 20.4. The first-order valence-electron chi connectivity index (χ1n) is 10.8. The van der Waals surface area contributed by atoms with E-state index in [4.69, 9.17) is 4.74 Å². The van der Waals surface area contributed by atoms with Gasteiger partial charge in [-0.3, -0.25) is 4.79 Å². The minimum atomic E-state index is -0.519. The standard InChI is InChI=1S/C14H18F2O.C9H17NO/c1-10-5-7-11(8-6-10)17-9-12-13(15)3-2-4-14(12)16;1-8(11)10-9-6-4-2-3-5-7-9/h2-4,10-11H,5-9H2,1H3;9H,2-7H2,1H3,(H,10,11). The third kappa shape index (κ3) is 8.26. The van der Waals surface area contributed by atoms with Crippen molar-refractivity contribution in [1.82, 2.24) is 5.32 Å². The summed E-state index contributed by atoms with van der Waals surface area (Å²) in [6.07, 6.45) is 12.1. The van der Waals surface area contributed by atoms with E-state index in [1.54, 1.807) is 6.92 Å². The molecule has 0 atom stereocenters. The average molecular weight is 396 g/mol. The van der Waals surface area contributed by atoms with Crippen LogP contribution < -0.4 is 5.32 Å². The number of benzene rings is 1. The van der Waals surface area contributed by atoms with Crippen LogP contribution in [0.2, 0.25) is 0 Å². The number of hydrogen-bond acceptors (Lipinski definition) is 2. The SMILES string of the molecule is CC(=O)NC1CCCCCC1.CC1CCC(OCc2c(F)cccc2F)CC1. The van der Waals surface area contributed by atoms with Crippen molar-refractivity contribution in [3.63, 3.8) is 0 Å². The largest absolute Gasteiger partial charge is 0.373 e. The fraction of sp³-hybridized carbons (Fsp3) is 0.696. The molecule has 1 aromatic rings. The molecule has 0 radical (unpaired) electrons. The maximum atomic E-state index is 13.3. The highest BCUT2D eigenvalue weighted by atomic mass is 19.1. The molecule has 2 aliphatic carbocycles. The van der Waals surface area contributed by atoms with Gasteiger partial charge in [-0.2, -0.15) is 0 Å². The van der Waals surface area contributed by atoms with Gasteiger partial charge in [0.05, 0.1) is 12.7 Å². The van der Waals surface area contributed by atoms with E-state index in [0.29, 0.717) is 6.04 Å². The van der Waals surface area contributed by atoms with Crippen molar-refractivity contribution in [1.29, 1.82) is 0 Å². The number of carbonyl (C=O) groups is 1. The Morgan fingerprint density at radius 1 is 1.00 bits per heavy atom.